The molecule has 0 aliphatic heterocycles. The number of quaternary nitrogens is 1. The summed E-state index contributed by atoms with van der Waals surface area (Å²) in [7, 11) is 0. The predicted molar refractivity (Wildman–Crippen MR) is 90.9 cm³/mol. The van der Waals surface area contributed by atoms with Crippen molar-refractivity contribution in [1.29, 1.82) is 0 Å². The maximum absolute atomic E-state index is 12.2. The molecule has 122 valence electrons. The summed E-state index contributed by atoms with van der Waals surface area (Å²) in [5.41, 5.74) is 1.33. The summed E-state index contributed by atoms with van der Waals surface area (Å²) in [5.74, 6) is -0.0876. The van der Waals surface area contributed by atoms with E-state index in [4.69, 9.17) is 0 Å². The van der Waals surface area contributed by atoms with Crippen molar-refractivity contribution in [2.75, 3.05) is 18.4 Å². The van der Waals surface area contributed by atoms with Gasteiger partial charge in [-0.3, -0.25) is 14.9 Å². The van der Waals surface area contributed by atoms with Gasteiger partial charge in [-0.15, -0.1) is 11.3 Å². The SMILES string of the molecule is CC[NH+](CC(=O)Nc1ccc([N+](=O)[O-])cc1C)Cc1cccs1. The average Bonchev–Trinajstić information content (AvgIpc) is 3.01. The summed E-state index contributed by atoms with van der Waals surface area (Å²) in [6, 6.07) is 8.52. The van der Waals surface area contributed by atoms with Crippen LogP contribution in [0.3, 0.4) is 0 Å². The van der Waals surface area contributed by atoms with Crippen LogP contribution in [0.4, 0.5) is 11.4 Å². The average molecular weight is 334 g/mol. The lowest BCUT2D eigenvalue weighted by molar-refractivity contribution is -0.903. The fraction of sp³-hybridized carbons (Fsp3) is 0.312. The molecule has 1 amide bonds. The first-order chi connectivity index (χ1) is 11.0. The number of likely N-dealkylation sites (N-methyl/N-ethyl adjacent to an activating group) is 1. The molecule has 2 rings (SSSR count). The van der Waals surface area contributed by atoms with E-state index in [1.807, 2.05) is 18.4 Å². The minimum absolute atomic E-state index is 0.0269. The molecule has 6 nitrogen and oxygen atoms in total. The maximum Gasteiger partial charge on any atom is 0.279 e. The molecule has 0 spiro atoms. The van der Waals surface area contributed by atoms with Crippen LogP contribution < -0.4 is 10.2 Å². The zero-order chi connectivity index (χ0) is 16.8. The van der Waals surface area contributed by atoms with Crippen molar-refractivity contribution in [2.24, 2.45) is 0 Å². The van der Waals surface area contributed by atoms with Crippen molar-refractivity contribution in [1.82, 2.24) is 0 Å². The summed E-state index contributed by atoms with van der Waals surface area (Å²) >= 11 is 1.69. The van der Waals surface area contributed by atoms with E-state index in [0.717, 1.165) is 13.1 Å². The number of nitro benzene ring substituents is 1. The van der Waals surface area contributed by atoms with E-state index in [1.165, 1.54) is 21.9 Å². The van der Waals surface area contributed by atoms with Gasteiger partial charge in [0.1, 0.15) is 6.54 Å². The number of rotatable bonds is 7. The molecule has 2 aromatic rings. The molecule has 0 radical (unpaired) electrons. The Balaban J connectivity index is 1.96. The summed E-state index contributed by atoms with van der Waals surface area (Å²) in [6.07, 6.45) is 0. The van der Waals surface area contributed by atoms with Gasteiger partial charge in [-0.2, -0.15) is 0 Å². The maximum atomic E-state index is 12.2. The number of nitro groups is 1. The summed E-state index contributed by atoms with van der Waals surface area (Å²) in [4.78, 5) is 24.9. The van der Waals surface area contributed by atoms with Crippen molar-refractivity contribution < 1.29 is 14.6 Å². The van der Waals surface area contributed by atoms with E-state index in [0.29, 0.717) is 17.8 Å². The van der Waals surface area contributed by atoms with Crippen LogP contribution in [0.1, 0.15) is 17.4 Å². The lowest BCUT2D eigenvalue weighted by atomic mass is 10.2. The number of hydrogen-bond donors (Lipinski definition) is 2. The van der Waals surface area contributed by atoms with E-state index in [2.05, 4.69) is 11.4 Å². The molecule has 23 heavy (non-hydrogen) atoms. The van der Waals surface area contributed by atoms with E-state index in [9.17, 15) is 14.9 Å². The zero-order valence-electron chi connectivity index (χ0n) is 13.2. The Labute approximate surface area is 138 Å². The lowest BCUT2D eigenvalue weighted by Crippen LogP contribution is -3.11. The number of nitrogens with zero attached hydrogens (tertiary/aromatic N) is 1. The predicted octanol–water partition coefficient (Wildman–Crippen LogP) is 2.01. The molecule has 0 aliphatic carbocycles. The monoisotopic (exact) mass is 334 g/mol. The van der Waals surface area contributed by atoms with Crippen molar-refractivity contribution in [3.05, 3.63) is 56.3 Å². The molecular weight excluding hydrogens is 314 g/mol. The van der Waals surface area contributed by atoms with E-state index < -0.39 is 4.92 Å². The Hall–Kier alpha value is -2.25. The second kappa shape index (κ2) is 7.85. The second-order valence-electron chi connectivity index (χ2n) is 5.34. The molecule has 1 unspecified atom stereocenters. The number of thiophene rings is 1. The van der Waals surface area contributed by atoms with Gasteiger partial charge >= 0.3 is 0 Å². The highest BCUT2D eigenvalue weighted by Gasteiger charge is 2.15. The quantitative estimate of drug-likeness (QED) is 0.601. The van der Waals surface area contributed by atoms with Gasteiger partial charge in [-0.05, 0) is 36.9 Å². The molecule has 0 fully saturated rings. The highest BCUT2D eigenvalue weighted by molar-refractivity contribution is 7.09. The lowest BCUT2D eigenvalue weighted by Gasteiger charge is -2.17. The third-order valence-corrected chi connectivity index (χ3v) is 4.49. The second-order valence-corrected chi connectivity index (χ2v) is 6.37. The van der Waals surface area contributed by atoms with Crippen molar-refractivity contribution >= 4 is 28.6 Å². The molecule has 0 bridgehead atoms. The topological polar surface area (TPSA) is 76.7 Å². The van der Waals surface area contributed by atoms with Crippen molar-refractivity contribution in [3.8, 4) is 0 Å². The van der Waals surface area contributed by atoms with Gasteiger partial charge in [-0.25, -0.2) is 0 Å². The number of aryl methyl sites for hydroxylation is 1. The van der Waals surface area contributed by atoms with Gasteiger partial charge in [-0.1, -0.05) is 6.07 Å². The first kappa shape index (κ1) is 17.1. The van der Waals surface area contributed by atoms with Crippen LogP contribution in [-0.4, -0.2) is 23.9 Å². The largest absolute Gasteiger partial charge is 0.323 e. The number of nitrogens with one attached hydrogen (secondary N) is 2. The molecule has 0 saturated heterocycles. The third-order valence-electron chi connectivity index (χ3n) is 3.61. The fourth-order valence-corrected chi connectivity index (χ4v) is 3.07. The first-order valence-corrected chi connectivity index (χ1v) is 8.28. The van der Waals surface area contributed by atoms with Crippen LogP contribution in [0.5, 0.6) is 0 Å². The Morgan fingerprint density at radius 3 is 2.74 bits per heavy atom. The fourth-order valence-electron chi connectivity index (χ4n) is 2.30. The van der Waals surface area contributed by atoms with E-state index in [-0.39, 0.29) is 11.6 Å². The molecule has 1 aromatic heterocycles. The zero-order valence-corrected chi connectivity index (χ0v) is 14.0. The first-order valence-electron chi connectivity index (χ1n) is 7.40. The van der Waals surface area contributed by atoms with Gasteiger partial charge in [0.25, 0.3) is 11.6 Å². The number of amides is 1. The van der Waals surface area contributed by atoms with Crippen molar-refractivity contribution in [3.63, 3.8) is 0 Å². The van der Waals surface area contributed by atoms with Gasteiger partial charge in [0, 0.05) is 17.8 Å². The minimum Gasteiger partial charge on any atom is -0.323 e. The van der Waals surface area contributed by atoms with Crippen molar-refractivity contribution in [2.45, 2.75) is 20.4 Å². The number of carbonyl (C=O) groups excluding carboxylic acids is 1. The molecule has 1 aromatic carbocycles. The van der Waals surface area contributed by atoms with Gasteiger partial charge in [0.05, 0.1) is 16.3 Å². The Morgan fingerprint density at radius 1 is 1.39 bits per heavy atom. The summed E-state index contributed by atoms with van der Waals surface area (Å²) < 4.78 is 0. The summed E-state index contributed by atoms with van der Waals surface area (Å²) in [6.45, 7) is 5.84. The molecule has 0 saturated carbocycles. The highest BCUT2D eigenvalue weighted by atomic mass is 32.1. The minimum atomic E-state index is -0.442. The van der Waals surface area contributed by atoms with E-state index in [1.54, 1.807) is 24.3 Å². The van der Waals surface area contributed by atoms with Crippen LogP contribution in [0, 0.1) is 17.0 Å². The smallest absolute Gasteiger partial charge is 0.279 e. The van der Waals surface area contributed by atoms with Crippen LogP contribution in [0.25, 0.3) is 0 Å². The number of anilines is 1. The molecule has 7 heteroatoms. The van der Waals surface area contributed by atoms with Gasteiger partial charge in [0.2, 0.25) is 0 Å². The van der Waals surface area contributed by atoms with Gasteiger partial charge in [0.15, 0.2) is 6.54 Å². The van der Waals surface area contributed by atoms with E-state index >= 15 is 0 Å². The third kappa shape index (κ3) is 4.87. The molecule has 1 atom stereocenters. The molecular formula is C16H20N3O3S+. The molecule has 0 aliphatic rings. The van der Waals surface area contributed by atoms with Crippen LogP contribution >= 0.6 is 11.3 Å². The van der Waals surface area contributed by atoms with Crippen LogP contribution in [0.2, 0.25) is 0 Å². The summed E-state index contributed by atoms with van der Waals surface area (Å²) in [5, 5.41) is 15.6. The number of non-ortho nitro benzene ring substituents is 1. The van der Waals surface area contributed by atoms with Crippen LogP contribution in [-0.2, 0) is 11.3 Å². The Morgan fingerprint density at radius 2 is 2.17 bits per heavy atom. The van der Waals surface area contributed by atoms with Gasteiger partial charge < -0.3 is 10.2 Å². The molecule has 2 N–H and O–H groups in total. The number of benzene rings is 1. The Bertz CT molecular complexity index is 686. The Kier molecular flexibility index (Phi) is 5.84. The normalized spacial score (nSPS) is 11.9. The number of hydrogen-bond acceptors (Lipinski definition) is 4. The van der Waals surface area contributed by atoms with Crippen LogP contribution in [0.15, 0.2) is 35.7 Å². The highest BCUT2D eigenvalue weighted by Crippen LogP contribution is 2.20. The molecule has 1 heterocycles. The standard InChI is InChI=1S/C16H19N3O3S/c1-3-18(10-14-5-4-8-23-14)11-16(20)17-15-7-6-13(19(21)22)9-12(15)2/h4-9H,3,10-11H2,1-2H3,(H,17,20)/p+1. The number of carbonyl (C=O) groups is 1.